The Bertz CT molecular complexity index is 850. The Morgan fingerprint density at radius 2 is 2.00 bits per heavy atom. The van der Waals surface area contributed by atoms with Gasteiger partial charge in [0, 0.05) is 13.6 Å². The zero-order valence-corrected chi connectivity index (χ0v) is 17.1. The molecule has 1 saturated heterocycles. The summed E-state index contributed by atoms with van der Waals surface area (Å²) >= 11 is 6.99. The molecule has 1 heterocycles. The zero-order valence-electron chi connectivity index (χ0n) is 12.5. The predicted octanol–water partition coefficient (Wildman–Crippen LogP) is 4.95. The summed E-state index contributed by atoms with van der Waals surface area (Å²) in [5.41, 5.74) is 1.64. The Morgan fingerprint density at radius 1 is 1.25 bits per heavy atom. The molecule has 1 amide bonds. The van der Waals surface area contributed by atoms with E-state index < -0.39 is 0 Å². The number of hydrogen-bond donors (Lipinski definition) is 1. The number of carbonyl (C=O) groups is 1. The summed E-state index contributed by atoms with van der Waals surface area (Å²) in [5, 5.41) is 3.36. The van der Waals surface area contributed by atoms with Gasteiger partial charge < -0.3 is 10.1 Å². The summed E-state index contributed by atoms with van der Waals surface area (Å²) in [5.74, 6) is 0.549. The van der Waals surface area contributed by atoms with Gasteiger partial charge in [-0.05, 0) is 82.9 Å². The van der Waals surface area contributed by atoms with E-state index in [4.69, 9.17) is 4.74 Å². The fraction of sp³-hybridized carbons (Fsp3) is 0.0588. The number of halogens is 2. The second kappa shape index (κ2) is 7.71. The summed E-state index contributed by atoms with van der Waals surface area (Å²) < 4.78 is 7.41. The molecule has 3 rings (SSSR count). The van der Waals surface area contributed by atoms with Crippen LogP contribution in [-0.2, 0) is 4.79 Å². The first kappa shape index (κ1) is 17.5. The minimum Gasteiger partial charge on any atom is -0.496 e. The highest BCUT2D eigenvalue weighted by Gasteiger charge is 2.24. The number of nitrogens with one attached hydrogen (secondary N) is 1. The van der Waals surface area contributed by atoms with E-state index in [0.29, 0.717) is 15.8 Å². The fourth-order valence-corrected chi connectivity index (χ4v) is 3.64. The topological polar surface area (TPSA) is 50.7 Å². The monoisotopic (exact) mass is 514 g/mol. The van der Waals surface area contributed by atoms with Gasteiger partial charge in [0.2, 0.25) is 0 Å². The highest BCUT2D eigenvalue weighted by molar-refractivity contribution is 14.1. The third-order valence-electron chi connectivity index (χ3n) is 3.19. The van der Waals surface area contributed by atoms with Gasteiger partial charge >= 0.3 is 0 Å². The lowest BCUT2D eigenvalue weighted by molar-refractivity contribution is -0.115. The van der Waals surface area contributed by atoms with Crippen LogP contribution in [0.2, 0.25) is 0 Å². The van der Waals surface area contributed by atoms with E-state index in [9.17, 15) is 4.79 Å². The molecule has 1 N–H and O–H groups in total. The van der Waals surface area contributed by atoms with E-state index in [1.165, 1.54) is 11.8 Å². The maximum atomic E-state index is 12.2. The van der Waals surface area contributed by atoms with Crippen molar-refractivity contribution in [1.82, 2.24) is 5.32 Å². The van der Waals surface area contributed by atoms with Crippen LogP contribution in [0.4, 0.5) is 5.69 Å². The van der Waals surface area contributed by atoms with E-state index >= 15 is 0 Å². The van der Waals surface area contributed by atoms with Crippen LogP contribution in [0.25, 0.3) is 6.08 Å². The van der Waals surface area contributed by atoms with Crippen molar-refractivity contribution in [3.63, 3.8) is 0 Å². The number of aliphatic imine (C=N–C) groups is 1. The van der Waals surface area contributed by atoms with Crippen molar-refractivity contribution >= 4 is 73.1 Å². The van der Waals surface area contributed by atoms with Crippen molar-refractivity contribution in [3.8, 4) is 5.75 Å². The molecule has 2 aromatic carbocycles. The van der Waals surface area contributed by atoms with Gasteiger partial charge in [-0.25, -0.2) is 4.99 Å². The van der Waals surface area contributed by atoms with Gasteiger partial charge in [0.05, 0.1) is 17.7 Å². The largest absolute Gasteiger partial charge is 0.496 e. The number of amides is 1. The van der Waals surface area contributed by atoms with Gasteiger partial charge in [0.25, 0.3) is 5.91 Å². The van der Waals surface area contributed by atoms with Gasteiger partial charge in [-0.2, -0.15) is 0 Å². The standard InChI is InChI=1S/C17H12BrIN2O2S/c1-23-14-7-2-11(18)8-10(14)9-15-16(22)21-17(24-15)20-13-5-3-12(19)4-6-13/h2-9H,1H3,(H,20,21,22)/b15-9+. The molecule has 0 unspecified atom stereocenters. The molecule has 0 spiro atoms. The van der Waals surface area contributed by atoms with E-state index in [1.54, 1.807) is 13.2 Å². The van der Waals surface area contributed by atoms with E-state index in [2.05, 4.69) is 48.8 Å². The number of nitrogens with zero attached hydrogens (tertiary/aromatic N) is 1. The van der Waals surface area contributed by atoms with Crippen LogP contribution in [-0.4, -0.2) is 18.2 Å². The molecular weight excluding hydrogens is 503 g/mol. The summed E-state index contributed by atoms with van der Waals surface area (Å²) in [7, 11) is 1.61. The number of carbonyl (C=O) groups excluding carboxylic acids is 1. The Hall–Kier alpha value is -1.32. The lowest BCUT2D eigenvalue weighted by Crippen LogP contribution is -2.19. The summed E-state index contributed by atoms with van der Waals surface area (Å²) in [6.07, 6.45) is 1.81. The van der Waals surface area contributed by atoms with Gasteiger partial charge in [-0.15, -0.1) is 0 Å². The van der Waals surface area contributed by atoms with Crippen molar-refractivity contribution in [3.05, 3.63) is 61.0 Å². The maximum absolute atomic E-state index is 12.2. The molecule has 0 radical (unpaired) electrons. The second-order valence-corrected chi connectivity index (χ2v) is 8.04. The first-order valence-electron chi connectivity index (χ1n) is 6.94. The normalized spacial score (nSPS) is 17.4. The van der Waals surface area contributed by atoms with Crippen LogP contribution >= 0.6 is 50.3 Å². The molecular formula is C17H12BrIN2O2S. The van der Waals surface area contributed by atoms with Crippen molar-refractivity contribution in [2.75, 3.05) is 7.11 Å². The zero-order chi connectivity index (χ0) is 17.1. The molecule has 0 aliphatic carbocycles. The molecule has 1 fully saturated rings. The quantitative estimate of drug-likeness (QED) is 0.465. The van der Waals surface area contributed by atoms with E-state index in [-0.39, 0.29) is 5.91 Å². The molecule has 0 atom stereocenters. The number of benzene rings is 2. The summed E-state index contributed by atoms with van der Waals surface area (Å²) in [6, 6.07) is 13.4. The van der Waals surface area contributed by atoms with Crippen molar-refractivity contribution in [1.29, 1.82) is 0 Å². The highest BCUT2D eigenvalue weighted by atomic mass is 127. The van der Waals surface area contributed by atoms with Crippen LogP contribution in [0, 0.1) is 3.57 Å². The van der Waals surface area contributed by atoms with Crippen LogP contribution in [0.3, 0.4) is 0 Å². The third-order valence-corrected chi connectivity index (χ3v) is 5.31. The Morgan fingerprint density at radius 3 is 2.71 bits per heavy atom. The minimum absolute atomic E-state index is 0.161. The number of amidine groups is 1. The molecule has 0 aromatic heterocycles. The molecule has 4 nitrogen and oxygen atoms in total. The Balaban J connectivity index is 1.87. The van der Waals surface area contributed by atoms with Crippen LogP contribution in [0.5, 0.6) is 5.75 Å². The SMILES string of the molecule is COc1ccc(Br)cc1/C=C1/SC(=Nc2ccc(I)cc2)NC1=O. The van der Waals surface area contributed by atoms with Crippen molar-refractivity contribution in [2.45, 2.75) is 0 Å². The number of thioether (sulfide) groups is 1. The van der Waals surface area contributed by atoms with Crippen LogP contribution < -0.4 is 10.1 Å². The lowest BCUT2D eigenvalue weighted by Gasteiger charge is -2.05. The average molecular weight is 515 g/mol. The van der Waals surface area contributed by atoms with E-state index in [0.717, 1.165) is 19.3 Å². The number of methoxy groups -OCH3 is 1. The lowest BCUT2D eigenvalue weighted by atomic mass is 10.2. The molecule has 1 aliphatic heterocycles. The van der Waals surface area contributed by atoms with E-state index in [1.807, 2.05) is 42.5 Å². The van der Waals surface area contributed by atoms with Gasteiger partial charge in [-0.3, -0.25) is 4.79 Å². The first-order chi connectivity index (χ1) is 11.5. The summed E-state index contributed by atoms with van der Waals surface area (Å²) in [4.78, 5) is 17.2. The number of ether oxygens (including phenoxy) is 1. The molecule has 2 aromatic rings. The third kappa shape index (κ3) is 4.20. The Kier molecular flexibility index (Phi) is 5.62. The second-order valence-electron chi connectivity index (χ2n) is 4.84. The van der Waals surface area contributed by atoms with Crippen LogP contribution in [0.15, 0.2) is 56.8 Å². The maximum Gasteiger partial charge on any atom is 0.264 e. The molecule has 122 valence electrons. The van der Waals surface area contributed by atoms with Crippen molar-refractivity contribution < 1.29 is 9.53 Å². The first-order valence-corrected chi connectivity index (χ1v) is 9.62. The smallest absolute Gasteiger partial charge is 0.264 e. The number of hydrogen-bond acceptors (Lipinski definition) is 4. The van der Waals surface area contributed by atoms with Gasteiger partial charge in [-0.1, -0.05) is 15.9 Å². The molecule has 0 saturated carbocycles. The van der Waals surface area contributed by atoms with Gasteiger partial charge in [0.15, 0.2) is 5.17 Å². The number of rotatable bonds is 3. The van der Waals surface area contributed by atoms with Crippen molar-refractivity contribution in [2.24, 2.45) is 4.99 Å². The minimum atomic E-state index is -0.161. The average Bonchev–Trinajstić information content (AvgIpc) is 2.89. The highest BCUT2D eigenvalue weighted by Crippen LogP contribution is 2.31. The molecule has 0 bridgehead atoms. The van der Waals surface area contributed by atoms with Gasteiger partial charge in [0.1, 0.15) is 5.75 Å². The fourth-order valence-electron chi connectivity index (χ4n) is 2.07. The Labute approximate surface area is 166 Å². The summed E-state index contributed by atoms with van der Waals surface area (Å²) in [6.45, 7) is 0. The molecule has 7 heteroatoms. The molecule has 24 heavy (non-hydrogen) atoms. The predicted molar refractivity (Wildman–Crippen MR) is 111 cm³/mol. The molecule has 1 aliphatic rings. The van der Waals surface area contributed by atoms with Crippen LogP contribution in [0.1, 0.15) is 5.56 Å².